The third-order valence-corrected chi connectivity index (χ3v) is 6.73. The summed E-state index contributed by atoms with van der Waals surface area (Å²) in [7, 11) is 1.61. The van der Waals surface area contributed by atoms with Gasteiger partial charge < -0.3 is 10.1 Å². The first-order valence-corrected chi connectivity index (χ1v) is 12.5. The molecule has 9 nitrogen and oxygen atoms in total. The highest BCUT2D eigenvalue weighted by Crippen LogP contribution is 2.31. The number of carbonyl (C=O) groups is 1. The molecule has 1 amide bonds. The normalized spacial score (nSPS) is 11.1. The predicted molar refractivity (Wildman–Crippen MR) is 149 cm³/mol. The summed E-state index contributed by atoms with van der Waals surface area (Å²) in [5.41, 5.74) is 2.60. The summed E-state index contributed by atoms with van der Waals surface area (Å²) in [5.74, 6) is -1.87. The van der Waals surface area contributed by atoms with Crippen molar-refractivity contribution < 1.29 is 18.3 Å². The molecule has 0 aliphatic rings. The van der Waals surface area contributed by atoms with E-state index in [1.54, 1.807) is 18.5 Å². The fourth-order valence-electron chi connectivity index (χ4n) is 4.58. The number of halogens is 2. The molecule has 0 atom stereocenters. The van der Waals surface area contributed by atoms with Crippen molar-refractivity contribution in [2.45, 2.75) is 6.92 Å². The van der Waals surface area contributed by atoms with Crippen molar-refractivity contribution in [1.29, 1.82) is 0 Å². The van der Waals surface area contributed by atoms with Crippen LogP contribution in [0.15, 0.2) is 96.2 Å². The van der Waals surface area contributed by atoms with E-state index < -0.39 is 23.1 Å². The number of rotatable bonds is 6. The lowest BCUT2D eigenvalue weighted by molar-refractivity contribution is 0.102. The van der Waals surface area contributed by atoms with Crippen LogP contribution >= 0.6 is 0 Å². The van der Waals surface area contributed by atoms with E-state index in [0.717, 1.165) is 17.2 Å². The molecule has 0 aliphatic heterocycles. The molecule has 0 saturated heterocycles. The second-order valence-corrected chi connectivity index (χ2v) is 9.27. The molecule has 0 bridgehead atoms. The Labute approximate surface area is 231 Å². The van der Waals surface area contributed by atoms with Crippen molar-refractivity contribution in [2.75, 3.05) is 5.32 Å². The zero-order chi connectivity index (χ0) is 28.7. The number of nitrogens with zero attached hydrogens (tertiary/aromatic N) is 5. The Bertz CT molecular complexity index is 1980. The van der Waals surface area contributed by atoms with Gasteiger partial charge in [-0.05, 0) is 55.0 Å². The smallest absolute Gasteiger partial charge is 0.284 e. The number of hydrogen-bond donors (Lipinski definition) is 1. The molecule has 0 spiro atoms. The maximum Gasteiger partial charge on any atom is 0.284 e. The number of fused-ring (bicyclic) bond motifs is 1. The van der Waals surface area contributed by atoms with Crippen molar-refractivity contribution in [3.63, 3.8) is 0 Å². The molecule has 6 rings (SSSR count). The number of carbonyl (C=O) groups excluding carboxylic acids is 1. The summed E-state index contributed by atoms with van der Waals surface area (Å²) in [6.45, 7) is 1.61. The molecular formula is C30H22F2N6O3. The third-order valence-electron chi connectivity index (χ3n) is 6.73. The first-order chi connectivity index (χ1) is 19.8. The maximum absolute atomic E-state index is 15.1. The van der Waals surface area contributed by atoms with Crippen LogP contribution in [0.1, 0.15) is 16.1 Å². The van der Waals surface area contributed by atoms with E-state index in [-0.39, 0.29) is 22.9 Å². The number of nitrogens with one attached hydrogen (secondary N) is 1. The molecule has 0 fully saturated rings. The van der Waals surface area contributed by atoms with Gasteiger partial charge in [0.2, 0.25) is 5.88 Å². The topological polar surface area (TPSA) is 95.5 Å². The molecule has 3 heterocycles. The molecule has 3 aromatic carbocycles. The van der Waals surface area contributed by atoms with Gasteiger partial charge in [0.1, 0.15) is 23.2 Å². The summed E-state index contributed by atoms with van der Waals surface area (Å²) >= 11 is 0. The first kappa shape index (κ1) is 25.7. The molecule has 0 unspecified atom stereocenters. The fraction of sp³-hybridized carbons (Fsp3) is 0.0667. The van der Waals surface area contributed by atoms with Crippen LogP contribution in [0.3, 0.4) is 0 Å². The van der Waals surface area contributed by atoms with E-state index in [1.165, 1.54) is 52.1 Å². The van der Waals surface area contributed by atoms with E-state index >= 15 is 4.39 Å². The fourth-order valence-corrected chi connectivity index (χ4v) is 4.58. The zero-order valence-corrected chi connectivity index (χ0v) is 21.9. The Morgan fingerprint density at radius 2 is 1.71 bits per heavy atom. The maximum atomic E-state index is 15.1. The highest BCUT2D eigenvalue weighted by Gasteiger charge is 2.23. The molecule has 0 saturated carbocycles. The third kappa shape index (κ3) is 4.73. The second-order valence-electron chi connectivity index (χ2n) is 9.27. The largest absolute Gasteiger partial charge is 0.434 e. The Kier molecular flexibility index (Phi) is 6.38. The molecular weight excluding hydrogens is 530 g/mol. The monoisotopic (exact) mass is 552 g/mol. The predicted octanol–water partition coefficient (Wildman–Crippen LogP) is 5.52. The minimum absolute atomic E-state index is 0.111. The van der Waals surface area contributed by atoms with Crippen LogP contribution in [0, 0.1) is 18.6 Å². The van der Waals surface area contributed by atoms with Gasteiger partial charge in [-0.15, -0.1) is 0 Å². The molecule has 6 aromatic rings. The summed E-state index contributed by atoms with van der Waals surface area (Å²) in [4.78, 5) is 30.4. The minimum atomic E-state index is -0.747. The minimum Gasteiger partial charge on any atom is -0.434 e. The first-order valence-electron chi connectivity index (χ1n) is 12.5. The lowest BCUT2D eigenvalue weighted by atomic mass is 10.1. The Morgan fingerprint density at radius 3 is 2.44 bits per heavy atom. The van der Waals surface area contributed by atoms with E-state index in [0.29, 0.717) is 16.9 Å². The van der Waals surface area contributed by atoms with Crippen LogP contribution < -0.4 is 15.6 Å². The second kappa shape index (κ2) is 10.2. The number of anilines is 1. The van der Waals surface area contributed by atoms with Gasteiger partial charge in [0.05, 0.1) is 11.4 Å². The van der Waals surface area contributed by atoms with E-state index in [2.05, 4.69) is 15.4 Å². The highest BCUT2D eigenvalue weighted by atomic mass is 19.1. The van der Waals surface area contributed by atoms with Crippen molar-refractivity contribution in [3.8, 4) is 28.4 Å². The molecule has 204 valence electrons. The van der Waals surface area contributed by atoms with E-state index in [9.17, 15) is 14.0 Å². The van der Waals surface area contributed by atoms with Gasteiger partial charge in [0.25, 0.3) is 11.5 Å². The number of hydrogen-bond acceptors (Lipinski definition) is 5. The van der Waals surface area contributed by atoms with Crippen molar-refractivity contribution in [2.24, 2.45) is 7.05 Å². The molecule has 1 N–H and O–H groups in total. The van der Waals surface area contributed by atoms with Gasteiger partial charge in [-0.1, -0.05) is 30.3 Å². The highest BCUT2D eigenvalue weighted by molar-refractivity contribution is 6.05. The standard InChI is InChI=1S/C30H22F2N6O3/c1-18-27(30(40)38(36(18)2)23-11-8-21(31)9-12-23)28(39)35-22-10-13-26(24(32)15-22)41-29-25-14-20(16-37(25)34-17-33-29)19-6-4-3-5-7-19/h3-17H,1-2H3,(H,35,39). The summed E-state index contributed by atoms with van der Waals surface area (Å²) in [6.07, 6.45) is 3.13. The van der Waals surface area contributed by atoms with Crippen molar-refractivity contribution >= 4 is 17.1 Å². The number of aromatic nitrogens is 5. The summed E-state index contributed by atoms with van der Waals surface area (Å²) in [5, 5.41) is 6.78. The van der Waals surface area contributed by atoms with Crippen LogP contribution in [0.4, 0.5) is 14.5 Å². The summed E-state index contributed by atoms with van der Waals surface area (Å²) < 4.78 is 38.6. The number of ether oxygens (including phenoxy) is 1. The van der Waals surface area contributed by atoms with Crippen LogP contribution in [0.25, 0.3) is 22.3 Å². The lowest BCUT2D eigenvalue weighted by Crippen LogP contribution is -2.25. The van der Waals surface area contributed by atoms with Crippen LogP contribution in [-0.2, 0) is 7.05 Å². The molecule has 0 radical (unpaired) electrons. The summed E-state index contributed by atoms with van der Waals surface area (Å²) in [6, 6.07) is 20.8. The zero-order valence-electron chi connectivity index (χ0n) is 21.9. The van der Waals surface area contributed by atoms with Crippen LogP contribution in [-0.4, -0.2) is 29.9 Å². The molecule has 11 heteroatoms. The average molecular weight is 553 g/mol. The van der Waals surface area contributed by atoms with Gasteiger partial charge in [0, 0.05) is 30.6 Å². The molecule has 41 heavy (non-hydrogen) atoms. The van der Waals surface area contributed by atoms with Gasteiger partial charge in [0.15, 0.2) is 11.6 Å². The van der Waals surface area contributed by atoms with E-state index in [1.807, 2.05) is 42.6 Å². The van der Waals surface area contributed by atoms with Gasteiger partial charge in [-0.2, -0.15) is 10.1 Å². The Hall–Kier alpha value is -5.58. The van der Waals surface area contributed by atoms with Gasteiger partial charge in [-0.3, -0.25) is 14.3 Å². The van der Waals surface area contributed by atoms with Gasteiger partial charge in [-0.25, -0.2) is 18.0 Å². The molecule has 3 aromatic heterocycles. The molecule has 0 aliphatic carbocycles. The lowest BCUT2D eigenvalue weighted by Gasteiger charge is -2.09. The average Bonchev–Trinajstić information content (AvgIpc) is 3.50. The number of benzene rings is 3. The van der Waals surface area contributed by atoms with E-state index in [4.69, 9.17) is 4.74 Å². The number of amides is 1. The van der Waals surface area contributed by atoms with Crippen molar-refractivity contribution in [1.82, 2.24) is 24.0 Å². The SMILES string of the molecule is Cc1c(C(=O)Nc2ccc(Oc3ncnn4cc(-c5ccccc5)cc34)c(F)c2)c(=O)n(-c2ccc(F)cc2)n1C. The van der Waals surface area contributed by atoms with Crippen LogP contribution in [0.2, 0.25) is 0 Å². The van der Waals surface area contributed by atoms with Crippen LogP contribution in [0.5, 0.6) is 11.6 Å². The van der Waals surface area contributed by atoms with Gasteiger partial charge >= 0.3 is 0 Å². The van der Waals surface area contributed by atoms with Crippen molar-refractivity contribution in [3.05, 3.63) is 125 Å². The Morgan fingerprint density at radius 1 is 0.951 bits per heavy atom. The quantitative estimate of drug-likeness (QED) is 0.294. The Balaban J connectivity index is 1.24.